The summed E-state index contributed by atoms with van der Waals surface area (Å²) < 4.78 is 6.32. The zero-order valence-corrected chi connectivity index (χ0v) is 13.2. The van der Waals surface area contributed by atoms with Gasteiger partial charge in [0.25, 0.3) is 0 Å². The lowest BCUT2D eigenvalue weighted by atomic mass is 9.99. The summed E-state index contributed by atoms with van der Waals surface area (Å²) in [7, 11) is 0. The highest BCUT2D eigenvalue weighted by Crippen LogP contribution is 2.27. The Morgan fingerprint density at radius 2 is 2.26 bits per heavy atom. The van der Waals surface area contributed by atoms with Crippen molar-refractivity contribution in [3.8, 4) is 5.75 Å². The first-order chi connectivity index (χ1) is 8.89. The first-order valence-corrected chi connectivity index (χ1v) is 7.12. The maximum absolute atomic E-state index is 11.1. The average molecular weight is 351 g/mol. The number of aliphatic carboxylic acids is 1. The molecule has 0 aliphatic rings. The number of hydrogen-bond acceptors (Lipinski definition) is 3. The van der Waals surface area contributed by atoms with E-state index >= 15 is 0 Å². The molecule has 0 aliphatic carbocycles. The minimum absolute atomic E-state index is 0.378. The van der Waals surface area contributed by atoms with Gasteiger partial charge in [-0.2, -0.15) is 0 Å². The molecule has 0 heterocycles. The van der Waals surface area contributed by atoms with E-state index in [1.807, 2.05) is 6.92 Å². The van der Waals surface area contributed by atoms with Crippen LogP contribution in [0.5, 0.6) is 5.75 Å². The predicted molar refractivity (Wildman–Crippen MR) is 79.0 cm³/mol. The van der Waals surface area contributed by atoms with Gasteiger partial charge in [0.1, 0.15) is 17.9 Å². The van der Waals surface area contributed by atoms with Gasteiger partial charge in [-0.15, -0.1) is 0 Å². The van der Waals surface area contributed by atoms with Crippen molar-refractivity contribution in [1.82, 2.24) is 5.32 Å². The number of rotatable bonds is 7. The Labute approximate surface area is 126 Å². The summed E-state index contributed by atoms with van der Waals surface area (Å²) in [6.07, 6.45) is 0.507. The van der Waals surface area contributed by atoms with E-state index in [9.17, 15) is 4.79 Å². The first kappa shape index (κ1) is 16.3. The Morgan fingerprint density at radius 1 is 1.58 bits per heavy atom. The third-order valence-corrected chi connectivity index (χ3v) is 3.80. The minimum atomic E-state index is -0.916. The number of carboxylic acids is 1. The van der Waals surface area contributed by atoms with Crippen molar-refractivity contribution < 1.29 is 14.6 Å². The van der Waals surface area contributed by atoms with Crippen LogP contribution < -0.4 is 10.1 Å². The molecule has 0 saturated carbocycles. The third kappa shape index (κ3) is 4.67. The predicted octanol–water partition coefficient (Wildman–Crippen LogP) is 3.32. The van der Waals surface area contributed by atoms with Gasteiger partial charge in [-0.05, 0) is 47.5 Å². The molecule has 1 rings (SSSR count). The van der Waals surface area contributed by atoms with E-state index in [2.05, 4.69) is 21.2 Å². The maximum atomic E-state index is 11.1. The lowest BCUT2D eigenvalue weighted by Gasteiger charge is -2.24. The normalized spacial score (nSPS) is 13.9. The van der Waals surface area contributed by atoms with Gasteiger partial charge in [-0.25, -0.2) is 0 Å². The fourth-order valence-corrected chi connectivity index (χ4v) is 2.23. The molecule has 106 valence electrons. The Bertz CT molecular complexity index is 456. The smallest absolute Gasteiger partial charge is 0.323 e. The van der Waals surface area contributed by atoms with Crippen LogP contribution in [0.3, 0.4) is 0 Å². The molecule has 4 nitrogen and oxygen atoms in total. The molecule has 19 heavy (non-hydrogen) atoms. The number of benzene rings is 1. The second-order valence-electron chi connectivity index (χ2n) is 4.34. The van der Waals surface area contributed by atoms with Crippen LogP contribution in [0, 0.1) is 0 Å². The van der Waals surface area contributed by atoms with Crippen LogP contribution in [-0.4, -0.2) is 29.8 Å². The number of hydrogen-bond donors (Lipinski definition) is 2. The fourth-order valence-electron chi connectivity index (χ4n) is 1.43. The van der Waals surface area contributed by atoms with Crippen LogP contribution in [0.25, 0.3) is 0 Å². The summed E-state index contributed by atoms with van der Waals surface area (Å²) in [5.74, 6) is -0.178. The maximum Gasteiger partial charge on any atom is 0.323 e. The zero-order valence-electron chi connectivity index (χ0n) is 10.9. The molecule has 6 heteroatoms. The Hall–Kier alpha value is -0.780. The lowest BCUT2D eigenvalue weighted by molar-refractivity contribution is -0.144. The fraction of sp³-hybridized carbons (Fsp3) is 0.462. The molecule has 0 saturated heterocycles. The molecule has 2 N–H and O–H groups in total. The lowest BCUT2D eigenvalue weighted by Crippen LogP contribution is -2.50. The van der Waals surface area contributed by atoms with Gasteiger partial charge in [0.15, 0.2) is 0 Å². The van der Waals surface area contributed by atoms with E-state index in [4.69, 9.17) is 21.4 Å². The molecule has 1 aromatic rings. The number of ether oxygens (including phenoxy) is 1. The molecular weight excluding hydrogens is 334 g/mol. The number of nitrogens with one attached hydrogen (secondary N) is 1. The highest BCUT2D eigenvalue weighted by Gasteiger charge is 2.29. The van der Waals surface area contributed by atoms with Gasteiger partial charge in [0.2, 0.25) is 0 Å². The summed E-state index contributed by atoms with van der Waals surface area (Å²) in [6, 6.07) is 5.25. The van der Waals surface area contributed by atoms with Gasteiger partial charge >= 0.3 is 5.97 Å². The van der Waals surface area contributed by atoms with Crippen LogP contribution in [0.1, 0.15) is 20.3 Å². The van der Waals surface area contributed by atoms with Crippen LogP contribution in [-0.2, 0) is 4.79 Å². The van der Waals surface area contributed by atoms with E-state index in [1.165, 1.54) is 0 Å². The summed E-state index contributed by atoms with van der Waals surface area (Å²) >= 11 is 9.18. The van der Waals surface area contributed by atoms with Crippen molar-refractivity contribution in [2.75, 3.05) is 13.2 Å². The molecule has 1 unspecified atom stereocenters. The number of halogens is 2. The van der Waals surface area contributed by atoms with Gasteiger partial charge in [0.05, 0.1) is 4.47 Å². The molecule has 1 atom stereocenters. The van der Waals surface area contributed by atoms with Crippen molar-refractivity contribution in [3.63, 3.8) is 0 Å². The Morgan fingerprint density at radius 3 is 2.79 bits per heavy atom. The molecule has 0 amide bonds. The van der Waals surface area contributed by atoms with E-state index in [-0.39, 0.29) is 0 Å². The highest BCUT2D eigenvalue weighted by molar-refractivity contribution is 9.10. The topological polar surface area (TPSA) is 58.6 Å². The molecular formula is C13H17BrClNO3. The summed E-state index contributed by atoms with van der Waals surface area (Å²) in [5.41, 5.74) is -0.916. The second kappa shape index (κ2) is 7.12. The second-order valence-corrected chi connectivity index (χ2v) is 5.63. The van der Waals surface area contributed by atoms with Crippen LogP contribution >= 0.6 is 27.5 Å². The molecule has 0 aromatic heterocycles. The van der Waals surface area contributed by atoms with E-state index in [1.54, 1.807) is 25.1 Å². The van der Waals surface area contributed by atoms with Crippen molar-refractivity contribution in [3.05, 3.63) is 27.7 Å². The first-order valence-electron chi connectivity index (χ1n) is 5.95. The molecule has 0 aliphatic heterocycles. The Kier molecular flexibility index (Phi) is 6.10. The SMILES string of the molecule is CCC(C)(NCCOc1ccc(Cl)cc1Br)C(=O)O. The van der Waals surface area contributed by atoms with Crippen molar-refractivity contribution >= 4 is 33.5 Å². The molecule has 0 bridgehead atoms. The number of carboxylic acid groups (broad SMARTS) is 1. The van der Waals surface area contributed by atoms with Crippen molar-refractivity contribution in [1.29, 1.82) is 0 Å². The zero-order chi connectivity index (χ0) is 14.5. The molecule has 1 aromatic carbocycles. The quantitative estimate of drug-likeness (QED) is 0.741. The van der Waals surface area contributed by atoms with Crippen LogP contribution in [0.2, 0.25) is 5.02 Å². The summed E-state index contributed by atoms with van der Waals surface area (Å²) in [4.78, 5) is 11.1. The van der Waals surface area contributed by atoms with Gasteiger partial charge in [0, 0.05) is 11.6 Å². The standard InChI is InChI=1S/C13H17BrClNO3/c1-3-13(2,12(17)18)16-6-7-19-11-5-4-9(15)8-10(11)14/h4-5,8,16H,3,6-7H2,1-2H3,(H,17,18). The largest absolute Gasteiger partial charge is 0.491 e. The van der Waals surface area contributed by atoms with Crippen molar-refractivity contribution in [2.24, 2.45) is 0 Å². The number of carbonyl (C=O) groups is 1. The average Bonchev–Trinajstić information content (AvgIpc) is 2.36. The van der Waals surface area contributed by atoms with Gasteiger partial charge < -0.3 is 9.84 Å². The Balaban J connectivity index is 2.45. The molecule has 0 fully saturated rings. The summed E-state index contributed by atoms with van der Waals surface area (Å²) in [5, 5.41) is 12.7. The van der Waals surface area contributed by atoms with E-state index < -0.39 is 11.5 Å². The highest BCUT2D eigenvalue weighted by atomic mass is 79.9. The van der Waals surface area contributed by atoms with Crippen LogP contribution in [0.15, 0.2) is 22.7 Å². The monoisotopic (exact) mass is 349 g/mol. The summed E-state index contributed by atoms with van der Waals surface area (Å²) in [6.45, 7) is 4.32. The van der Waals surface area contributed by atoms with Gasteiger partial charge in [-0.1, -0.05) is 18.5 Å². The minimum Gasteiger partial charge on any atom is -0.491 e. The van der Waals surface area contributed by atoms with E-state index in [0.717, 1.165) is 4.47 Å². The molecule has 0 radical (unpaired) electrons. The van der Waals surface area contributed by atoms with Crippen molar-refractivity contribution in [2.45, 2.75) is 25.8 Å². The third-order valence-electron chi connectivity index (χ3n) is 2.95. The van der Waals surface area contributed by atoms with E-state index in [0.29, 0.717) is 30.3 Å². The van der Waals surface area contributed by atoms with Crippen LogP contribution in [0.4, 0.5) is 0 Å². The van der Waals surface area contributed by atoms with Gasteiger partial charge in [-0.3, -0.25) is 10.1 Å². The molecule has 0 spiro atoms.